The Balaban J connectivity index is 1.70. The molecule has 30 heavy (non-hydrogen) atoms. The van der Waals surface area contributed by atoms with E-state index in [9.17, 15) is 9.90 Å². The first-order chi connectivity index (χ1) is 14.7. The lowest BCUT2D eigenvalue weighted by Gasteiger charge is -2.27. The van der Waals surface area contributed by atoms with E-state index in [4.69, 9.17) is 0 Å². The third-order valence-corrected chi connectivity index (χ3v) is 6.76. The maximum absolute atomic E-state index is 13.5. The number of nitrogens with zero attached hydrogens (tertiary/aromatic N) is 2. The summed E-state index contributed by atoms with van der Waals surface area (Å²) in [6.45, 7) is 0. The smallest absolute Gasteiger partial charge is 0.279 e. The molecule has 1 amide bonds. The molecule has 1 aliphatic heterocycles. The van der Waals surface area contributed by atoms with E-state index in [1.54, 1.807) is 17.5 Å². The van der Waals surface area contributed by atoms with Crippen LogP contribution in [0.5, 0.6) is 0 Å². The first-order valence-corrected chi connectivity index (χ1v) is 10.5. The molecule has 1 atom stereocenters. The molecule has 0 radical (unpaired) electrons. The average molecular weight is 408 g/mol. The lowest BCUT2D eigenvalue weighted by atomic mass is 9.96. The van der Waals surface area contributed by atoms with Crippen LogP contribution in [-0.4, -0.2) is 16.0 Å². The molecule has 2 aromatic heterocycles. The van der Waals surface area contributed by atoms with Crippen LogP contribution in [0.3, 0.4) is 0 Å². The fraction of sp³-hybridized carbons (Fsp3) is 0.0400. The van der Waals surface area contributed by atoms with Gasteiger partial charge in [-0.15, -0.1) is 11.3 Å². The Morgan fingerprint density at radius 1 is 0.833 bits per heavy atom. The van der Waals surface area contributed by atoms with Crippen LogP contribution < -0.4 is 4.90 Å². The Bertz CT molecular complexity index is 1440. The van der Waals surface area contributed by atoms with Gasteiger partial charge in [0.15, 0.2) is 6.23 Å². The Morgan fingerprint density at radius 3 is 2.50 bits per heavy atom. The molecule has 0 aliphatic carbocycles. The number of amides is 1. The Morgan fingerprint density at radius 2 is 1.63 bits per heavy atom. The van der Waals surface area contributed by atoms with E-state index in [-0.39, 0.29) is 5.91 Å². The number of carbonyl (C=O) groups is 1. The zero-order valence-corrected chi connectivity index (χ0v) is 16.6. The molecule has 4 nitrogen and oxygen atoms in total. The highest BCUT2D eigenvalue weighted by molar-refractivity contribution is 7.25. The SMILES string of the molecule is O=C1c2ncccc2-c2cc3c(cc2C(O)N1c1ccccc1)sc1ccccc13. The van der Waals surface area contributed by atoms with Gasteiger partial charge in [-0.2, -0.15) is 0 Å². The molecule has 0 saturated heterocycles. The third-order valence-electron chi connectivity index (χ3n) is 5.63. The summed E-state index contributed by atoms with van der Waals surface area (Å²) in [4.78, 5) is 19.3. The highest BCUT2D eigenvalue weighted by Gasteiger charge is 2.34. The summed E-state index contributed by atoms with van der Waals surface area (Å²) in [6.07, 6.45) is 0.509. The molecule has 3 heterocycles. The number of para-hydroxylation sites is 1. The molecule has 144 valence electrons. The normalized spacial score (nSPS) is 15.8. The van der Waals surface area contributed by atoms with Gasteiger partial charge >= 0.3 is 0 Å². The number of hydrogen-bond donors (Lipinski definition) is 1. The van der Waals surface area contributed by atoms with E-state index in [1.807, 2.05) is 60.7 Å². The van der Waals surface area contributed by atoms with E-state index < -0.39 is 6.23 Å². The van der Waals surface area contributed by atoms with Crippen molar-refractivity contribution in [1.82, 2.24) is 4.98 Å². The van der Waals surface area contributed by atoms with Crippen molar-refractivity contribution in [3.63, 3.8) is 0 Å². The standard InChI is InChI=1S/C25H16N2O2S/c28-24-20-14-22-19(16-9-4-5-11-21(16)30-22)13-18(20)17-10-6-12-26-23(17)25(29)27(24)15-7-2-1-3-8-15/h1-14,24,28H. The van der Waals surface area contributed by atoms with Crippen LogP contribution in [0.1, 0.15) is 22.3 Å². The summed E-state index contributed by atoms with van der Waals surface area (Å²) < 4.78 is 2.28. The van der Waals surface area contributed by atoms with E-state index >= 15 is 0 Å². The van der Waals surface area contributed by atoms with Crippen molar-refractivity contribution in [1.29, 1.82) is 0 Å². The van der Waals surface area contributed by atoms with E-state index in [0.717, 1.165) is 21.2 Å². The molecule has 1 aliphatic rings. The molecular weight excluding hydrogens is 392 g/mol. The number of anilines is 1. The number of benzene rings is 3. The van der Waals surface area contributed by atoms with Crippen molar-refractivity contribution in [3.05, 3.63) is 96.3 Å². The van der Waals surface area contributed by atoms with Crippen molar-refractivity contribution in [2.24, 2.45) is 0 Å². The molecule has 0 fully saturated rings. The lowest BCUT2D eigenvalue weighted by Crippen LogP contribution is -2.34. The van der Waals surface area contributed by atoms with Gasteiger partial charge in [-0.05, 0) is 42.0 Å². The first kappa shape index (κ1) is 17.3. The molecule has 0 bridgehead atoms. The number of fused-ring (bicyclic) bond motifs is 6. The second-order valence-corrected chi connectivity index (χ2v) is 8.40. The monoisotopic (exact) mass is 408 g/mol. The Kier molecular flexibility index (Phi) is 3.75. The number of pyridine rings is 1. The molecular formula is C25H16N2O2S. The van der Waals surface area contributed by atoms with Gasteiger partial charge in [0, 0.05) is 43.2 Å². The zero-order chi connectivity index (χ0) is 20.2. The van der Waals surface area contributed by atoms with E-state index in [1.165, 1.54) is 15.0 Å². The molecule has 6 rings (SSSR count). The van der Waals surface area contributed by atoms with Gasteiger partial charge in [0.05, 0.1) is 0 Å². The minimum atomic E-state index is -1.11. The number of rotatable bonds is 1. The number of aliphatic hydroxyl groups is 1. The van der Waals surface area contributed by atoms with Crippen molar-refractivity contribution in [2.45, 2.75) is 6.23 Å². The summed E-state index contributed by atoms with van der Waals surface area (Å²) in [5, 5.41) is 13.7. The fourth-order valence-corrected chi connectivity index (χ4v) is 5.37. The molecule has 3 aromatic carbocycles. The maximum atomic E-state index is 13.5. The minimum absolute atomic E-state index is 0.311. The molecule has 0 spiro atoms. The van der Waals surface area contributed by atoms with Gasteiger partial charge in [-0.1, -0.05) is 42.5 Å². The zero-order valence-electron chi connectivity index (χ0n) is 15.8. The van der Waals surface area contributed by atoms with Gasteiger partial charge in [0.25, 0.3) is 5.91 Å². The number of aromatic nitrogens is 1. The summed E-state index contributed by atoms with van der Waals surface area (Å²) in [6, 6.07) is 25.4. The van der Waals surface area contributed by atoms with Gasteiger partial charge in [-0.25, -0.2) is 0 Å². The van der Waals surface area contributed by atoms with Crippen LogP contribution in [0.2, 0.25) is 0 Å². The molecule has 1 unspecified atom stereocenters. The predicted molar refractivity (Wildman–Crippen MR) is 121 cm³/mol. The fourth-order valence-electron chi connectivity index (χ4n) is 4.24. The predicted octanol–water partition coefficient (Wildman–Crippen LogP) is 5.77. The highest BCUT2D eigenvalue weighted by Crippen LogP contribution is 2.44. The molecule has 5 aromatic rings. The molecule has 1 N–H and O–H groups in total. The van der Waals surface area contributed by atoms with Crippen molar-refractivity contribution >= 4 is 43.1 Å². The second kappa shape index (κ2) is 6.49. The Labute approximate surface area is 176 Å². The average Bonchev–Trinajstić information content (AvgIpc) is 3.12. The number of aliphatic hydroxyl groups excluding tert-OH is 1. The van der Waals surface area contributed by atoms with Crippen LogP contribution >= 0.6 is 11.3 Å². The number of thiophene rings is 1. The summed E-state index contributed by atoms with van der Waals surface area (Å²) in [5.41, 5.74) is 3.27. The van der Waals surface area contributed by atoms with Gasteiger partial charge in [-0.3, -0.25) is 14.7 Å². The summed E-state index contributed by atoms with van der Waals surface area (Å²) >= 11 is 1.69. The van der Waals surface area contributed by atoms with E-state index in [2.05, 4.69) is 23.2 Å². The van der Waals surface area contributed by atoms with Crippen LogP contribution in [-0.2, 0) is 0 Å². The van der Waals surface area contributed by atoms with Gasteiger partial charge in [0.1, 0.15) is 5.69 Å². The summed E-state index contributed by atoms with van der Waals surface area (Å²) in [5.74, 6) is -0.311. The van der Waals surface area contributed by atoms with Crippen molar-refractivity contribution in [2.75, 3.05) is 4.90 Å². The minimum Gasteiger partial charge on any atom is -0.369 e. The Hall–Kier alpha value is -3.54. The van der Waals surface area contributed by atoms with Gasteiger partial charge < -0.3 is 5.11 Å². The van der Waals surface area contributed by atoms with Crippen LogP contribution in [0.15, 0.2) is 85.1 Å². The second-order valence-electron chi connectivity index (χ2n) is 7.32. The molecule has 0 saturated carbocycles. The maximum Gasteiger partial charge on any atom is 0.279 e. The first-order valence-electron chi connectivity index (χ1n) is 9.69. The van der Waals surface area contributed by atoms with E-state index in [0.29, 0.717) is 16.9 Å². The van der Waals surface area contributed by atoms with Gasteiger partial charge in [0.2, 0.25) is 0 Å². The molecule has 5 heteroatoms. The van der Waals surface area contributed by atoms with Crippen LogP contribution in [0.25, 0.3) is 31.3 Å². The number of carbonyl (C=O) groups excluding carboxylic acids is 1. The third kappa shape index (κ3) is 2.43. The van der Waals surface area contributed by atoms with Crippen LogP contribution in [0, 0.1) is 0 Å². The van der Waals surface area contributed by atoms with Crippen LogP contribution in [0.4, 0.5) is 5.69 Å². The topological polar surface area (TPSA) is 53.4 Å². The largest absolute Gasteiger partial charge is 0.369 e. The van der Waals surface area contributed by atoms with Crippen molar-refractivity contribution in [3.8, 4) is 11.1 Å². The highest BCUT2D eigenvalue weighted by atomic mass is 32.1. The quantitative estimate of drug-likeness (QED) is 0.383. The number of hydrogen-bond acceptors (Lipinski definition) is 4. The van der Waals surface area contributed by atoms with Crippen molar-refractivity contribution < 1.29 is 9.90 Å². The lowest BCUT2D eigenvalue weighted by molar-refractivity contribution is 0.0887. The summed E-state index contributed by atoms with van der Waals surface area (Å²) in [7, 11) is 0.